The van der Waals surface area contributed by atoms with Crippen LogP contribution in [0.15, 0.2) is 47.4 Å². The summed E-state index contributed by atoms with van der Waals surface area (Å²) >= 11 is 0. The van der Waals surface area contributed by atoms with E-state index in [1.54, 1.807) is 18.2 Å². The van der Waals surface area contributed by atoms with Gasteiger partial charge in [0.2, 0.25) is 15.9 Å². The molecule has 1 heterocycles. The van der Waals surface area contributed by atoms with Crippen molar-refractivity contribution >= 4 is 27.0 Å². The van der Waals surface area contributed by atoms with Crippen molar-refractivity contribution in [2.75, 3.05) is 27.2 Å². The molecule has 0 spiro atoms. The maximum absolute atomic E-state index is 12.5. The van der Waals surface area contributed by atoms with Crippen molar-refractivity contribution in [1.29, 1.82) is 0 Å². The summed E-state index contributed by atoms with van der Waals surface area (Å²) in [6, 6.07) is 13.4. The highest BCUT2D eigenvalue weighted by Crippen LogP contribution is 2.22. The van der Waals surface area contributed by atoms with Crippen LogP contribution in [0.5, 0.6) is 0 Å². The molecule has 0 saturated heterocycles. The van der Waals surface area contributed by atoms with Crippen molar-refractivity contribution in [2.45, 2.75) is 58.1 Å². The Hall–Kier alpha value is -2.75. The molecular formula is C26H37N5O3S. The SMILES string of the molecule is CCN(CC)Cc1ccc(CNC(=O)CCc2nc3cc(S(=O)(=O)N(C)C)ccc3n2CC)cc1. The van der Waals surface area contributed by atoms with Crippen LogP contribution >= 0.6 is 0 Å². The maximum atomic E-state index is 12.5. The minimum absolute atomic E-state index is 0.0391. The van der Waals surface area contributed by atoms with Gasteiger partial charge in [-0.1, -0.05) is 38.1 Å². The molecule has 8 nitrogen and oxygen atoms in total. The van der Waals surface area contributed by atoms with Crippen molar-refractivity contribution in [1.82, 2.24) is 24.1 Å². The maximum Gasteiger partial charge on any atom is 0.242 e. The van der Waals surface area contributed by atoms with Crippen LogP contribution in [-0.2, 0) is 40.9 Å². The van der Waals surface area contributed by atoms with Crippen molar-refractivity contribution in [2.24, 2.45) is 0 Å². The fourth-order valence-corrected chi connectivity index (χ4v) is 4.98. The largest absolute Gasteiger partial charge is 0.352 e. The third-order valence-corrected chi connectivity index (χ3v) is 8.09. The number of amides is 1. The Labute approximate surface area is 209 Å². The molecular weight excluding hydrogens is 462 g/mol. The van der Waals surface area contributed by atoms with Gasteiger partial charge in [0.15, 0.2) is 0 Å². The van der Waals surface area contributed by atoms with Gasteiger partial charge >= 0.3 is 0 Å². The first-order valence-electron chi connectivity index (χ1n) is 12.2. The van der Waals surface area contributed by atoms with E-state index in [9.17, 15) is 13.2 Å². The molecule has 0 aliphatic rings. The standard InChI is InChI=1S/C26H37N5O3S/c1-6-30(7-2)19-21-11-9-20(10-12-21)18-27-26(32)16-15-25-28-23-17-22(35(33,34)29(4)5)13-14-24(23)31(25)8-3/h9-14,17H,6-8,15-16,18-19H2,1-5H3,(H,27,32). The average molecular weight is 500 g/mol. The first kappa shape index (κ1) is 26.8. The van der Waals surface area contributed by atoms with E-state index in [1.165, 1.54) is 24.0 Å². The lowest BCUT2D eigenvalue weighted by Gasteiger charge is -2.18. The molecule has 35 heavy (non-hydrogen) atoms. The molecule has 190 valence electrons. The number of carbonyl (C=O) groups excluding carboxylic acids is 1. The Morgan fingerprint density at radius 2 is 1.66 bits per heavy atom. The topological polar surface area (TPSA) is 87.5 Å². The Balaban J connectivity index is 1.61. The van der Waals surface area contributed by atoms with Gasteiger partial charge < -0.3 is 9.88 Å². The molecule has 9 heteroatoms. The number of fused-ring (bicyclic) bond motifs is 1. The number of hydrogen-bond acceptors (Lipinski definition) is 5. The summed E-state index contributed by atoms with van der Waals surface area (Å²) in [5.74, 6) is 0.737. The highest BCUT2D eigenvalue weighted by molar-refractivity contribution is 7.89. The van der Waals surface area contributed by atoms with E-state index < -0.39 is 10.0 Å². The molecule has 0 fully saturated rings. The van der Waals surface area contributed by atoms with E-state index in [0.29, 0.717) is 31.4 Å². The summed E-state index contributed by atoms with van der Waals surface area (Å²) in [7, 11) is -0.515. The Morgan fingerprint density at radius 1 is 1.00 bits per heavy atom. The minimum Gasteiger partial charge on any atom is -0.352 e. The van der Waals surface area contributed by atoms with Gasteiger partial charge in [-0.2, -0.15) is 0 Å². The van der Waals surface area contributed by atoms with Crippen LogP contribution < -0.4 is 5.32 Å². The van der Waals surface area contributed by atoms with E-state index in [2.05, 4.69) is 53.3 Å². The van der Waals surface area contributed by atoms with Gasteiger partial charge in [-0.05, 0) is 49.3 Å². The lowest BCUT2D eigenvalue weighted by molar-refractivity contribution is -0.121. The molecule has 1 amide bonds. The van der Waals surface area contributed by atoms with Gasteiger partial charge in [0.05, 0.1) is 15.9 Å². The molecule has 0 atom stereocenters. The second-order valence-electron chi connectivity index (χ2n) is 8.76. The molecule has 3 rings (SSSR count). The molecule has 0 bridgehead atoms. The summed E-state index contributed by atoms with van der Waals surface area (Å²) in [5, 5.41) is 2.99. The van der Waals surface area contributed by atoms with Gasteiger partial charge in [-0.25, -0.2) is 17.7 Å². The number of hydrogen-bond donors (Lipinski definition) is 1. The monoisotopic (exact) mass is 499 g/mol. The molecule has 0 radical (unpaired) electrons. The summed E-state index contributed by atoms with van der Waals surface area (Å²) in [6.45, 7) is 10.5. The van der Waals surface area contributed by atoms with Crippen LogP contribution in [-0.4, -0.2) is 60.3 Å². The van der Waals surface area contributed by atoms with Crippen molar-refractivity contribution in [3.8, 4) is 0 Å². The Kier molecular flexibility index (Phi) is 9.04. The molecule has 3 aromatic rings. The zero-order valence-corrected chi connectivity index (χ0v) is 22.2. The molecule has 0 saturated carbocycles. The van der Waals surface area contributed by atoms with Gasteiger partial charge in [-0.15, -0.1) is 0 Å². The fraction of sp³-hybridized carbons (Fsp3) is 0.462. The molecule has 1 aromatic heterocycles. The molecule has 2 aromatic carbocycles. The lowest BCUT2D eigenvalue weighted by atomic mass is 10.1. The van der Waals surface area contributed by atoms with Crippen LogP contribution in [0.2, 0.25) is 0 Å². The number of nitrogens with one attached hydrogen (secondary N) is 1. The number of nitrogens with zero attached hydrogens (tertiary/aromatic N) is 4. The van der Waals surface area contributed by atoms with E-state index in [4.69, 9.17) is 0 Å². The second kappa shape index (κ2) is 11.8. The predicted molar refractivity (Wildman–Crippen MR) is 140 cm³/mol. The summed E-state index contributed by atoms with van der Waals surface area (Å²) in [4.78, 5) is 19.7. The van der Waals surface area contributed by atoms with Crippen molar-refractivity contribution < 1.29 is 13.2 Å². The first-order chi connectivity index (χ1) is 16.7. The van der Waals surface area contributed by atoms with Gasteiger partial charge in [0.1, 0.15) is 5.82 Å². The third kappa shape index (κ3) is 6.48. The Morgan fingerprint density at radius 3 is 2.26 bits per heavy atom. The number of sulfonamides is 1. The van der Waals surface area contributed by atoms with Crippen LogP contribution in [0.3, 0.4) is 0 Å². The number of rotatable bonds is 12. The second-order valence-corrected chi connectivity index (χ2v) is 10.9. The highest BCUT2D eigenvalue weighted by atomic mass is 32.2. The highest BCUT2D eigenvalue weighted by Gasteiger charge is 2.19. The minimum atomic E-state index is -3.53. The quantitative estimate of drug-likeness (QED) is 0.413. The fourth-order valence-electron chi connectivity index (χ4n) is 4.06. The third-order valence-electron chi connectivity index (χ3n) is 6.28. The normalized spacial score (nSPS) is 12.1. The predicted octanol–water partition coefficient (Wildman–Crippen LogP) is 3.40. The van der Waals surface area contributed by atoms with E-state index in [0.717, 1.165) is 36.5 Å². The van der Waals surface area contributed by atoms with Crippen LogP contribution in [0.1, 0.15) is 44.1 Å². The molecule has 1 N–H and O–H groups in total. The number of aromatic nitrogens is 2. The van der Waals surface area contributed by atoms with Crippen LogP contribution in [0.25, 0.3) is 11.0 Å². The van der Waals surface area contributed by atoms with Crippen molar-refractivity contribution in [3.63, 3.8) is 0 Å². The van der Waals surface area contributed by atoms with Crippen LogP contribution in [0, 0.1) is 0 Å². The number of benzene rings is 2. The van der Waals surface area contributed by atoms with Gasteiger partial charge in [0.25, 0.3) is 0 Å². The number of carbonyl (C=O) groups is 1. The lowest BCUT2D eigenvalue weighted by Crippen LogP contribution is -2.24. The van der Waals surface area contributed by atoms with E-state index in [1.807, 2.05) is 11.5 Å². The van der Waals surface area contributed by atoms with Crippen molar-refractivity contribution in [3.05, 3.63) is 59.4 Å². The molecule has 0 aliphatic carbocycles. The van der Waals surface area contributed by atoms with E-state index >= 15 is 0 Å². The average Bonchev–Trinajstić information content (AvgIpc) is 3.22. The smallest absolute Gasteiger partial charge is 0.242 e. The molecule has 0 aliphatic heterocycles. The first-order valence-corrected chi connectivity index (χ1v) is 13.6. The number of aryl methyl sites for hydroxylation is 2. The number of imidazole rings is 1. The summed E-state index contributed by atoms with van der Waals surface area (Å²) in [6.07, 6.45) is 0.791. The summed E-state index contributed by atoms with van der Waals surface area (Å²) in [5.41, 5.74) is 3.82. The molecule has 0 unspecified atom stereocenters. The zero-order chi connectivity index (χ0) is 25.6. The van der Waals surface area contributed by atoms with Crippen LogP contribution in [0.4, 0.5) is 0 Å². The van der Waals surface area contributed by atoms with Gasteiger partial charge in [-0.3, -0.25) is 9.69 Å². The zero-order valence-electron chi connectivity index (χ0n) is 21.4. The summed E-state index contributed by atoms with van der Waals surface area (Å²) < 4.78 is 28.2. The van der Waals surface area contributed by atoms with E-state index in [-0.39, 0.29) is 10.8 Å². The Bertz CT molecular complexity index is 1250. The van der Waals surface area contributed by atoms with Gasteiger partial charge in [0, 0.05) is 46.6 Å².